The number of thioether (sulfide) groups is 1. The minimum atomic E-state index is -0.0285. The molecule has 0 aliphatic heterocycles. The monoisotopic (exact) mass is 312 g/mol. The van der Waals surface area contributed by atoms with Crippen molar-refractivity contribution >= 4 is 46.3 Å². The average Bonchev–Trinajstić information content (AvgIpc) is 2.75. The van der Waals surface area contributed by atoms with Gasteiger partial charge in [0.1, 0.15) is 0 Å². The number of halogens is 1. The summed E-state index contributed by atoms with van der Waals surface area (Å²) in [5.74, 6) is 1.13. The first-order valence-corrected chi connectivity index (χ1v) is 8.09. The van der Waals surface area contributed by atoms with Crippen molar-refractivity contribution in [1.82, 2.24) is 4.98 Å². The third kappa shape index (κ3) is 4.86. The number of amides is 1. The predicted molar refractivity (Wildman–Crippen MR) is 83.1 cm³/mol. The molecule has 0 atom stereocenters. The van der Waals surface area contributed by atoms with Gasteiger partial charge in [0.05, 0.1) is 16.5 Å². The number of carbonyl (C=O) groups is 1. The first-order valence-electron chi connectivity index (χ1n) is 5.67. The van der Waals surface area contributed by atoms with E-state index in [1.54, 1.807) is 35.2 Å². The molecule has 3 nitrogen and oxygen atoms in total. The van der Waals surface area contributed by atoms with Crippen molar-refractivity contribution in [3.8, 4) is 0 Å². The molecular weight excluding hydrogens is 300 g/mol. The molecule has 100 valence electrons. The lowest BCUT2D eigenvalue weighted by molar-refractivity contribution is -0.113. The quantitative estimate of drug-likeness (QED) is 0.908. The molecule has 0 fully saturated rings. The van der Waals surface area contributed by atoms with Gasteiger partial charge in [-0.05, 0) is 25.1 Å². The molecule has 2 rings (SSSR count). The molecule has 0 bridgehead atoms. The number of hydrogen-bond donors (Lipinski definition) is 1. The number of aromatic nitrogens is 1. The summed E-state index contributed by atoms with van der Waals surface area (Å²) in [6.45, 7) is 1.98. The Labute approximate surface area is 125 Å². The Morgan fingerprint density at radius 2 is 2.37 bits per heavy atom. The maximum atomic E-state index is 11.7. The van der Waals surface area contributed by atoms with Crippen LogP contribution < -0.4 is 5.32 Å². The molecule has 1 aromatic heterocycles. The third-order valence-electron chi connectivity index (χ3n) is 2.26. The summed E-state index contributed by atoms with van der Waals surface area (Å²) >= 11 is 9.03. The van der Waals surface area contributed by atoms with Gasteiger partial charge in [-0.3, -0.25) is 4.79 Å². The second-order valence-electron chi connectivity index (χ2n) is 3.91. The summed E-state index contributed by atoms with van der Waals surface area (Å²) in [5.41, 5.74) is 1.76. The number of aryl methyl sites for hydroxylation is 1. The molecule has 1 amide bonds. The van der Waals surface area contributed by atoms with E-state index >= 15 is 0 Å². The lowest BCUT2D eigenvalue weighted by Crippen LogP contribution is -2.14. The van der Waals surface area contributed by atoms with Crippen LogP contribution in [0.5, 0.6) is 0 Å². The second kappa shape index (κ2) is 6.93. The van der Waals surface area contributed by atoms with Gasteiger partial charge in [-0.2, -0.15) is 0 Å². The highest BCUT2D eigenvalue weighted by Crippen LogP contribution is 2.17. The topological polar surface area (TPSA) is 42.0 Å². The Morgan fingerprint density at radius 1 is 1.53 bits per heavy atom. The molecule has 0 spiro atoms. The molecule has 6 heteroatoms. The average molecular weight is 313 g/mol. The lowest BCUT2D eigenvalue weighted by atomic mass is 10.3. The van der Waals surface area contributed by atoms with E-state index in [0.717, 1.165) is 22.1 Å². The van der Waals surface area contributed by atoms with E-state index in [1.807, 2.05) is 24.4 Å². The van der Waals surface area contributed by atoms with E-state index in [-0.39, 0.29) is 5.91 Å². The van der Waals surface area contributed by atoms with E-state index in [1.165, 1.54) is 0 Å². The SMILES string of the molecule is Cc1nc(CSCC(=O)Nc2cccc(Cl)c2)cs1. The Morgan fingerprint density at radius 3 is 3.05 bits per heavy atom. The highest BCUT2D eigenvalue weighted by molar-refractivity contribution is 7.99. The molecule has 0 aliphatic carbocycles. The van der Waals surface area contributed by atoms with Crippen molar-refractivity contribution < 1.29 is 4.79 Å². The molecule has 0 aliphatic rings. The highest BCUT2D eigenvalue weighted by atomic mass is 35.5. The minimum absolute atomic E-state index is 0.0285. The number of benzene rings is 1. The lowest BCUT2D eigenvalue weighted by Gasteiger charge is -2.04. The number of carbonyl (C=O) groups excluding carboxylic acids is 1. The first-order chi connectivity index (χ1) is 9.13. The number of nitrogens with zero attached hydrogens (tertiary/aromatic N) is 1. The fourth-order valence-electron chi connectivity index (χ4n) is 1.49. The normalized spacial score (nSPS) is 10.4. The van der Waals surface area contributed by atoms with Gasteiger partial charge in [0.25, 0.3) is 0 Å². The summed E-state index contributed by atoms with van der Waals surface area (Å²) < 4.78 is 0. The molecule has 2 aromatic rings. The number of thiazole rings is 1. The van der Waals surface area contributed by atoms with Crippen LogP contribution in [0, 0.1) is 6.92 Å². The largest absolute Gasteiger partial charge is 0.325 e. The van der Waals surface area contributed by atoms with Crippen LogP contribution in [-0.4, -0.2) is 16.6 Å². The van der Waals surface area contributed by atoms with Crippen LogP contribution >= 0.6 is 34.7 Å². The van der Waals surface area contributed by atoms with Gasteiger partial charge < -0.3 is 5.32 Å². The Balaban J connectivity index is 1.76. The Bertz CT molecular complexity index is 571. The molecule has 1 aromatic carbocycles. The summed E-state index contributed by atoms with van der Waals surface area (Å²) in [4.78, 5) is 16.1. The number of anilines is 1. The first kappa shape index (κ1) is 14.4. The Kier molecular flexibility index (Phi) is 5.24. The molecule has 19 heavy (non-hydrogen) atoms. The van der Waals surface area contributed by atoms with Crippen LogP contribution in [0.1, 0.15) is 10.7 Å². The van der Waals surface area contributed by atoms with E-state index in [0.29, 0.717) is 10.8 Å². The van der Waals surface area contributed by atoms with Crippen molar-refractivity contribution in [1.29, 1.82) is 0 Å². The fraction of sp³-hybridized carbons (Fsp3) is 0.231. The van der Waals surface area contributed by atoms with Gasteiger partial charge in [0, 0.05) is 21.8 Å². The zero-order valence-corrected chi connectivity index (χ0v) is 12.7. The molecular formula is C13H13ClN2OS2. The van der Waals surface area contributed by atoms with Crippen LogP contribution in [0.15, 0.2) is 29.6 Å². The van der Waals surface area contributed by atoms with E-state index < -0.39 is 0 Å². The fourth-order valence-corrected chi connectivity index (χ4v) is 3.11. The smallest absolute Gasteiger partial charge is 0.234 e. The van der Waals surface area contributed by atoms with Crippen molar-refractivity contribution in [2.45, 2.75) is 12.7 Å². The number of rotatable bonds is 5. The zero-order valence-electron chi connectivity index (χ0n) is 10.4. The molecule has 1 heterocycles. The summed E-state index contributed by atoms with van der Waals surface area (Å²) in [5, 5.41) is 6.51. The van der Waals surface area contributed by atoms with E-state index in [9.17, 15) is 4.79 Å². The maximum absolute atomic E-state index is 11.7. The predicted octanol–water partition coefficient (Wildman–Crippen LogP) is 3.98. The van der Waals surface area contributed by atoms with Crippen molar-refractivity contribution in [3.63, 3.8) is 0 Å². The number of hydrogen-bond acceptors (Lipinski definition) is 4. The van der Waals surface area contributed by atoms with Crippen LogP contribution in [0.25, 0.3) is 0 Å². The number of nitrogens with one attached hydrogen (secondary N) is 1. The van der Waals surface area contributed by atoms with Crippen LogP contribution in [0.2, 0.25) is 5.02 Å². The third-order valence-corrected chi connectivity index (χ3v) is 4.28. The Hall–Kier alpha value is -1.04. The van der Waals surface area contributed by atoms with Crippen molar-refractivity contribution in [2.24, 2.45) is 0 Å². The second-order valence-corrected chi connectivity index (χ2v) is 6.39. The van der Waals surface area contributed by atoms with Crippen LogP contribution in [0.3, 0.4) is 0 Å². The maximum Gasteiger partial charge on any atom is 0.234 e. The van der Waals surface area contributed by atoms with Gasteiger partial charge in [0.2, 0.25) is 5.91 Å². The summed E-state index contributed by atoms with van der Waals surface area (Å²) in [7, 11) is 0. The van der Waals surface area contributed by atoms with Crippen molar-refractivity contribution in [2.75, 3.05) is 11.1 Å². The van der Waals surface area contributed by atoms with Crippen LogP contribution in [-0.2, 0) is 10.5 Å². The molecule has 0 unspecified atom stereocenters. The highest BCUT2D eigenvalue weighted by Gasteiger charge is 2.04. The van der Waals surface area contributed by atoms with Gasteiger partial charge in [0.15, 0.2) is 0 Å². The van der Waals surface area contributed by atoms with E-state index in [2.05, 4.69) is 10.3 Å². The standard InChI is InChI=1S/C13H13ClN2OS2/c1-9-15-12(7-19-9)6-18-8-13(17)16-11-4-2-3-10(14)5-11/h2-5,7H,6,8H2,1H3,(H,16,17). The van der Waals surface area contributed by atoms with Crippen LogP contribution in [0.4, 0.5) is 5.69 Å². The van der Waals surface area contributed by atoms with Gasteiger partial charge >= 0.3 is 0 Å². The van der Waals surface area contributed by atoms with Gasteiger partial charge in [-0.1, -0.05) is 17.7 Å². The molecule has 0 radical (unpaired) electrons. The summed E-state index contributed by atoms with van der Waals surface area (Å²) in [6.07, 6.45) is 0. The molecule has 0 saturated carbocycles. The summed E-state index contributed by atoms with van der Waals surface area (Å²) in [6, 6.07) is 7.13. The van der Waals surface area contributed by atoms with E-state index in [4.69, 9.17) is 11.6 Å². The molecule has 1 N–H and O–H groups in total. The zero-order chi connectivity index (χ0) is 13.7. The molecule has 0 saturated heterocycles. The van der Waals surface area contributed by atoms with Gasteiger partial charge in [-0.15, -0.1) is 23.1 Å². The van der Waals surface area contributed by atoms with Crippen molar-refractivity contribution in [3.05, 3.63) is 45.4 Å². The minimum Gasteiger partial charge on any atom is -0.325 e. The van der Waals surface area contributed by atoms with Gasteiger partial charge in [-0.25, -0.2) is 4.98 Å².